The van der Waals surface area contributed by atoms with Crippen LogP contribution in [0.2, 0.25) is 0 Å². The Morgan fingerprint density at radius 1 is 1.23 bits per heavy atom. The molecule has 2 heterocycles. The van der Waals surface area contributed by atoms with Crippen LogP contribution in [0.25, 0.3) is 0 Å². The van der Waals surface area contributed by atoms with Crippen molar-refractivity contribution in [3.8, 4) is 11.5 Å². The lowest BCUT2D eigenvalue weighted by atomic mass is 10.2. The van der Waals surface area contributed by atoms with Gasteiger partial charge in [0, 0.05) is 23.2 Å². The molecular weight excluding hydrogens is 348 g/mol. The van der Waals surface area contributed by atoms with Crippen molar-refractivity contribution < 1.29 is 14.3 Å². The first kappa shape index (κ1) is 17.1. The maximum absolute atomic E-state index is 12.5. The molecule has 0 bridgehead atoms. The Kier molecular flexibility index (Phi) is 4.93. The fourth-order valence-corrected chi connectivity index (χ4v) is 4.48. The van der Waals surface area contributed by atoms with E-state index in [4.69, 9.17) is 9.47 Å². The minimum atomic E-state index is 0.0271. The first-order valence-corrected chi connectivity index (χ1v) is 9.76. The highest BCUT2D eigenvalue weighted by atomic mass is 32.2. The predicted octanol–water partition coefficient (Wildman–Crippen LogP) is 3.42. The molecule has 1 amide bonds. The highest BCUT2D eigenvalue weighted by Gasteiger charge is 2.25. The molecule has 0 aliphatic carbocycles. The van der Waals surface area contributed by atoms with E-state index in [1.54, 1.807) is 0 Å². The van der Waals surface area contributed by atoms with Crippen molar-refractivity contribution in [3.63, 3.8) is 0 Å². The number of nitrogens with zero attached hydrogens (tertiary/aromatic N) is 1. The van der Waals surface area contributed by atoms with Gasteiger partial charge in [-0.1, -0.05) is 25.1 Å². The quantitative estimate of drug-likeness (QED) is 0.874. The number of hydrogen-bond donors (Lipinski definition) is 1. The molecule has 0 radical (unpaired) electrons. The van der Waals surface area contributed by atoms with Gasteiger partial charge >= 0.3 is 0 Å². The van der Waals surface area contributed by atoms with Crippen LogP contribution in [0.4, 0.5) is 5.69 Å². The molecule has 1 atom stereocenters. The molecule has 0 fully saturated rings. The van der Waals surface area contributed by atoms with Crippen molar-refractivity contribution in [2.45, 2.75) is 30.0 Å². The zero-order valence-electron chi connectivity index (χ0n) is 14.7. The summed E-state index contributed by atoms with van der Waals surface area (Å²) >= 11 is 1.91. The Morgan fingerprint density at radius 2 is 2.08 bits per heavy atom. The summed E-state index contributed by atoms with van der Waals surface area (Å²) in [5.41, 5.74) is 2.16. The molecular formula is C20H22N2O3S. The van der Waals surface area contributed by atoms with Crippen LogP contribution in [0.1, 0.15) is 18.9 Å². The normalized spacial score (nSPS) is 17.7. The Labute approximate surface area is 157 Å². The molecule has 0 saturated heterocycles. The second-order valence-electron chi connectivity index (χ2n) is 6.46. The summed E-state index contributed by atoms with van der Waals surface area (Å²) in [6.07, 6.45) is 1.09. The van der Waals surface area contributed by atoms with E-state index in [-0.39, 0.29) is 12.7 Å². The summed E-state index contributed by atoms with van der Waals surface area (Å²) in [5.74, 6) is 1.52. The fourth-order valence-electron chi connectivity index (χ4n) is 3.22. The summed E-state index contributed by atoms with van der Waals surface area (Å²) < 4.78 is 10.7. The van der Waals surface area contributed by atoms with Gasteiger partial charge in [-0.15, -0.1) is 11.8 Å². The highest BCUT2D eigenvalue weighted by Crippen LogP contribution is 2.39. The number of para-hydroxylation sites is 1. The Bertz CT molecular complexity index is 811. The van der Waals surface area contributed by atoms with E-state index in [0.717, 1.165) is 35.7 Å². The van der Waals surface area contributed by atoms with Crippen LogP contribution in [-0.4, -0.2) is 31.0 Å². The van der Waals surface area contributed by atoms with E-state index in [1.807, 2.05) is 36.0 Å². The summed E-state index contributed by atoms with van der Waals surface area (Å²) in [7, 11) is 0. The number of carbonyl (C=O) groups is 1. The molecule has 1 N–H and O–H groups in total. The van der Waals surface area contributed by atoms with Crippen LogP contribution in [0.5, 0.6) is 11.5 Å². The number of hydrogen-bond acceptors (Lipinski definition) is 5. The smallest absolute Gasteiger partial charge is 0.239 e. The zero-order chi connectivity index (χ0) is 17.9. The molecule has 0 spiro atoms. The zero-order valence-corrected chi connectivity index (χ0v) is 15.6. The molecule has 2 aromatic carbocycles. The molecule has 4 rings (SSSR count). The van der Waals surface area contributed by atoms with Gasteiger partial charge in [-0.2, -0.15) is 0 Å². The van der Waals surface area contributed by atoms with Gasteiger partial charge in [-0.05, 0) is 36.2 Å². The monoisotopic (exact) mass is 370 g/mol. The van der Waals surface area contributed by atoms with Crippen LogP contribution in [0.15, 0.2) is 47.4 Å². The van der Waals surface area contributed by atoms with Crippen molar-refractivity contribution in [2.75, 3.05) is 24.8 Å². The van der Waals surface area contributed by atoms with Crippen LogP contribution < -0.4 is 19.7 Å². The molecule has 0 aromatic heterocycles. The number of anilines is 1. The summed E-state index contributed by atoms with van der Waals surface area (Å²) in [5, 5.41) is 3.54. The van der Waals surface area contributed by atoms with Gasteiger partial charge in [0.2, 0.25) is 12.7 Å². The largest absolute Gasteiger partial charge is 0.454 e. The van der Waals surface area contributed by atoms with Crippen LogP contribution >= 0.6 is 11.8 Å². The number of benzene rings is 2. The number of amides is 1. The number of fused-ring (bicyclic) bond motifs is 2. The maximum Gasteiger partial charge on any atom is 0.239 e. The van der Waals surface area contributed by atoms with Crippen LogP contribution in [0.3, 0.4) is 0 Å². The lowest BCUT2D eigenvalue weighted by Gasteiger charge is -2.34. The Hall–Kier alpha value is -2.34. The number of thioether (sulfide) groups is 1. The number of carbonyl (C=O) groups excluding carboxylic acids is 1. The van der Waals surface area contributed by atoms with Crippen molar-refractivity contribution in [3.05, 3.63) is 48.0 Å². The van der Waals surface area contributed by atoms with Gasteiger partial charge in [0.1, 0.15) is 0 Å². The lowest BCUT2D eigenvalue weighted by Crippen LogP contribution is -2.42. The summed E-state index contributed by atoms with van der Waals surface area (Å²) in [6.45, 7) is 4.21. The molecule has 136 valence electrons. The third-order valence-corrected chi connectivity index (χ3v) is 6.05. The first-order chi connectivity index (χ1) is 12.7. The van der Waals surface area contributed by atoms with Gasteiger partial charge in [-0.3, -0.25) is 4.79 Å². The maximum atomic E-state index is 12.5. The van der Waals surface area contributed by atoms with Crippen molar-refractivity contribution in [1.82, 2.24) is 5.32 Å². The van der Waals surface area contributed by atoms with E-state index >= 15 is 0 Å². The molecule has 5 nitrogen and oxygen atoms in total. The van der Waals surface area contributed by atoms with E-state index in [1.165, 1.54) is 4.90 Å². The minimum Gasteiger partial charge on any atom is -0.454 e. The second-order valence-corrected chi connectivity index (χ2v) is 7.80. The van der Waals surface area contributed by atoms with Crippen molar-refractivity contribution >= 4 is 23.4 Å². The molecule has 2 aromatic rings. The molecule has 2 aliphatic heterocycles. The summed E-state index contributed by atoms with van der Waals surface area (Å²) in [6, 6.07) is 14.1. The van der Waals surface area contributed by atoms with E-state index in [9.17, 15) is 4.79 Å². The van der Waals surface area contributed by atoms with Crippen LogP contribution in [-0.2, 0) is 11.3 Å². The molecule has 1 unspecified atom stereocenters. The first-order valence-electron chi connectivity index (χ1n) is 8.89. The van der Waals surface area contributed by atoms with Gasteiger partial charge in [-0.25, -0.2) is 0 Å². The van der Waals surface area contributed by atoms with E-state index in [0.29, 0.717) is 18.3 Å². The number of rotatable bonds is 5. The van der Waals surface area contributed by atoms with Crippen molar-refractivity contribution in [2.24, 2.45) is 0 Å². The third kappa shape index (κ3) is 3.60. The minimum absolute atomic E-state index is 0.0271. The number of ether oxygens (including phenoxy) is 2. The summed E-state index contributed by atoms with van der Waals surface area (Å²) in [4.78, 5) is 16.0. The molecule has 6 heteroatoms. The van der Waals surface area contributed by atoms with E-state index in [2.05, 4.69) is 35.3 Å². The lowest BCUT2D eigenvalue weighted by molar-refractivity contribution is -0.119. The third-order valence-electron chi connectivity index (χ3n) is 4.64. The Balaban J connectivity index is 1.38. The molecule has 26 heavy (non-hydrogen) atoms. The van der Waals surface area contributed by atoms with Crippen molar-refractivity contribution in [1.29, 1.82) is 0 Å². The van der Waals surface area contributed by atoms with Gasteiger partial charge < -0.3 is 19.7 Å². The van der Waals surface area contributed by atoms with Gasteiger partial charge in [0.05, 0.1) is 12.2 Å². The van der Waals surface area contributed by atoms with Gasteiger partial charge in [0.25, 0.3) is 0 Å². The second kappa shape index (κ2) is 7.50. The van der Waals surface area contributed by atoms with Gasteiger partial charge in [0.15, 0.2) is 11.5 Å². The molecule has 2 aliphatic rings. The van der Waals surface area contributed by atoms with E-state index < -0.39 is 0 Å². The standard InChI is InChI=1S/C20H22N2O3S/c1-2-15-11-22(16-5-3-4-6-19(16)26-15)12-20(23)21-10-14-7-8-17-18(9-14)25-13-24-17/h3-9,15H,2,10-13H2,1H3,(H,21,23). The number of nitrogens with one attached hydrogen (secondary N) is 1. The highest BCUT2D eigenvalue weighted by molar-refractivity contribution is 8.00. The fraction of sp³-hybridized carbons (Fsp3) is 0.350. The SMILES string of the molecule is CCC1CN(CC(=O)NCc2ccc3c(c2)OCO3)c2ccccc2S1. The average molecular weight is 370 g/mol. The molecule has 0 saturated carbocycles. The van der Waals surface area contributed by atoms with Crippen LogP contribution in [0, 0.1) is 0 Å². The predicted molar refractivity (Wildman–Crippen MR) is 103 cm³/mol. The average Bonchev–Trinajstić information content (AvgIpc) is 3.14. The topological polar surface area (TPSA) is 50.8 Å². The Morgan fingerprint density at radius 3 is 2.96 bits per heavy atom.